The molecule has 0 radical (unpaired) electrons. The molecule has 4 nitrogen and oxygen atoms in total. The molecule has 152 valence electrons. The maximum Gasteiger partial charge on any atom is 0.233 e. The number of fused-ring (bicyclic) bond motifs is 1. The highest BCUT2D eigenvalue weighted by Gasteiger charge is 2.47. The Bertz CT molecular complexity index is 900. The van der Waals surface area contributed by atoms with Crippen molar-refractivity contribution in [2.75, 3.05) is 32.8 Å². The first-order chi connectivity index (χ1) is 14.1. The highest BCUT2D eigenvalue weighted by molar-refractivity contribution is 5.89. The number of halogens is 1. The van der Waals surface area contributed by atoms with Crippen molar-refractivity contribution in [2.24, 2.45) is 0 Å². The number of carbonyl (C=O) groups is 1. The highest BCUT2D eigenvalue weighted by atomic mass is 19.1. The quantitative estimate of drug-likeness (QED) is 0.795. The molecule has 0 bridgehead atoms. The largest absolute Gasteiger partial charge is 0.493 e. The molecular weight excluding hydrogens is 367 g/mol. The summed E-state index contributed by atoms with van der Waals surface area (Å²) in [5, 5.41) is 0. The van der Waals surface area contributed by atoms with Gasteiger partial charge >= 0.3 is 0 Å². The minimum Gasteiger partial charge on any atom is -0.493 e. The van der Waals surface area contributed by atoms with Gasteiger partial charge in [0.25, 0.3) is 0 Å². The SMILES string of the molecule is O=C(N1CCN(Cc2ccc3c(c2)CCO3)CC1)C1(c2ccc(F)cc2)CCC1. The third kappa shape index (κ3) is 3.42. The number of hydrogen-bond donors (Lipinski definition) is 0. The summed E-state index contributed by atoms with van der Waals surface area (Å²) in [5.74, 6) is 1.00. The molecule has 0 unspecified atom stereocenters. The molecule has 1 saturated carbocycles. The van der Waals surface area contributed by atoms with Crippen molar-refractivity contribution in [1.29, 1.82) is 0 Å². The number of benzene rings is 2. The van der Waals surface area contributed by atoms with E-state index in [2.05, 4.69) is 23.1 Å². The second-order valence-corrected chi connectivity index (χ2v) is 8.55. The molecule has 2 aliphatic heterocycles. The predicted molar refractivity (Wildman–Crippen MR) is 109 cm³/mol. The Labute approximate surface area is 171 Å². The number of piperazine rings is 1. The van der Waals surface area contributed by atoms with Gasteiger partial charge in [0.2, 0.25) is 5.91 Å². The highest BCUT2D eigenvalue weighted by Crippen LogP contribution is 2.45. The smallest absolute Gasteiger partial charge is 0.233 e. The summed E-state index contributed by atoms with van der Waals surface area (Å²) >= 11 is 0. The second kappa shape index (κ2) is 7.45. The molecule has 1 amide bonds. The van der Waals surface area contributed by atoms with Crippen LogP contribution in [0.15, 0.2) is 42.5 Å². The first kappa shape index (κ1) is 18.6. The average molecular weight is 394 g/mol. The van der Waals surface area contributed by atoms with Gasteiger partial charge in [0.1, 0.15) is 11.6 Å². The van der Waals surface area contributed by atoms with Gasteiger partial charge in [0.05, 0.1) is 12.0 Å². The van der Waals surface area contributed by atoms with E-state index < -0.39 is 5.41 Å². The van der Waals surface area contributed by atoms with Crippen LogP contribution < -0.4 is 4.74 Å². The van der Waals surface area contributed by atoms with Gasteiger partial charge < -0.3 is 9.64 Å². The van der Waals surface area contributed by atoms with Gasteiger partial charge in [-0.1, -0.05) is 30.7 Å². The summed E-state index contributed by atoms with van der Waals surface area (Å²) in [5.41, 5.74) is 3.16. The van der Waals surface area contributed by atoms with Crippen LogP contribution >= 0.6 is 0 Å². The lowest BCUT2D eigenvalue weighted by molar-refractivity contribution is -0.142. The van der Waals surface area contributed by atoms with Crippen LogP contribution in [0.3, 0.4) is 0 Å². The molecule has 0 spiro atoms. The van der Waals surface area contributed by atoms with Crippen LogP contribution in [-0.2, 0) is 23.2 Å². The fraction of sp³-hybridized carbons (Fsp3) is 0.458. The van der Waals surface area contributed by atoms with E-state index >= 15 is 0 Å². The van der Waals surface area contributed by atoms with E-state index in [0.717, 1.165) is 76.3 Å². The molecule has 3 aliphatic rings. The van der Waals surface area contributed by atoms with Crippen molar-refractivity contribution in [1.82, 2.24) is 9.80 Å². The molecule has 1 aliphatic carbocycles. The number of ether oxygens (including phenoxy) is 1. The number of carbonyl (C=O) groups excluding carboxylic acids is 1. The first-order valence-electron chi connectivity index (χ1n) is 10.7. The zero-order chi connectivity index (χ0) is 19.8. The van der Waals surface area contributed by atoms with E-state index in [0.29, 0.717) is 0 Å². The third-order valence-corrected chi connectivity index (χ3v) is 6.83. The molecule has 2 aromatic carbocycles. The lowest BCUT2D eigenvalue weighted by Gasteiger charge is -2.46. The Balaban J connectivity index is 1.22. The fourth-order valence-electron chi connectivity index (χ4n) is 4.93. The third-order valence-electron chi connectivity index (χ3n) is 6.83. The van der Waals surface area contributed by atoms with Crippen molar-refractivity contribution in [2.45, 2.75) is 37.6 Å². The van der Waals surface area contributed by atoms with E-state index in [9.17, 15) is 9.18 Å². The molecule has 0 N–H and O–H groups in total. The lowest BCUT2D eigenvalue weighted by Crippen LogP contribution is -2.56. The molecule has 1 saturated heterocycles. The Morgan fingerprint density at radius 2 is 1.79 bits per heavy atom. The monoisotopic (exact) mass is 394 g/mol. The van der Waals surface area contributed by atoms with Gasteiger partial charge in [0.15, 0.2) is 0 Å². The molecular formula is C24H27FN2O2. The molecule has 2 heterocycles. The van der Waals surface area contributed by atoms with Gasteiger partial charge in [0, 0.05) is 39.1 Å². The average Bonchev–Trinajstić information content (AvgIpc) is 3.17. The van der Waals surface area contributed by atoms with Gasteiger partial charge in [-0.15, -0.1) is 0 Å². The van der Waals surface area contributed by atoms with Crippen LogP contribution in [0.1, 0.15) is 36.0 Å². The van der Waals surface area contributed by atoms with E-state index in [4.69, 9.17) is 4.74 Å². The molecule has 2 fully saturated rings. The minimum atomic E-state index is -0.435. The molecule has 5 heteroatoms. The van der Waals surface area contributed by atoms with Crippen molar-refractivity contribution in [3.05, 3.63) is 65.0 Å². The number of nitrogens with zero attached hydrogens (tertiary/aromatic N) is 2. The zero-order valence-electron chi connectivity index (χ0n) is 16.7. The van der Waals surface area contributed by atoms with Crippen molar-refractivity contribution < 1.29 is 13.9 Å². The lowest BCUT2D eigenvalue weighted by atomic mass is 9.63. The normalized spacial score (nSPS) is 20.7. The van der Waals surface area contributed by atoms with Gasteiger partial charge in [-0.05, 0) is 47.7 Å². The van der Waals surface area contributed by atoms with E-state index in [-0.39, 0.29) is 11.7 Å². The van der Waals surface area contributed by atoms with Crippen LogP contribution in [0.25, 0.3) is 0 Å². The maximum atomic E-state index is 13.4. The summed E-state index contributed by atoms with van der Waals surface area (Å²) in [6, 6.07) is 13.0. The summed E-state index contributed by atoms with van der Waals surface area (Å²) in [6.45, 7) is 5.00. The van der Waals surface area contributed by atoms with E-state index in [1.807, 2.05) is 4.90 Å². The molecule has 5 rings (SSSR count). The minimum absolute atomic E-state index is 0.227. The van der Waals surface area contributed by atoms with Gasteiger partial charge in [-0.2, -0.15) is 0 Å². The Kier molecular flexibility index (Phi) is 4.78. The van der Waals surface area contributed by atoms with Crippen LogP contribution in [0.2, 0.25) is 0 Å². The van der Waals surface area contributed by atoms with E-state index in [1.54, 1.807) is 12.1 Å². The van der Waals surface area contributed by atoms with Gasteiger partial charge in [-0.25, -0.2) is 4.39 Å². The van der Waals surface area contributed by atoms with Crippen LogP contribution in [0.5, 0.6) is 5.75 Å². The van der Waals surface area contributed by atoms with E-state index in [1.165, 1.54) is 23.3 Å². The number of rotatable bonds is 4. The van der Waals surface area contributed by atoms with Gasteiger partial charge in [-0.3, -0.25) is 9.69 Å². The summed E-state index contributed by atoms with van der Waals surface area (Å²) in [4.78, 5) is 17.8. The van der Waals surface area contributed by atoms with Crippen molar-refractivity contribution in [3.8, 4) is 5.75 Å². The fourth-order valence-corrected chi connectivity index (χ4v) is 4.93. The number of amides is 1. The zero-order valence-corrected chi connectivity index (χ0v) is 16.7. The Morgan fingerprint density at radius 1 is 1.03 bits per heavy atom. The second-order valence-electron chi connectivity index (χ2n) is 8.55. The first-order valence-corrected chi connectivity index (χ1v) is 10.7. The molecule has 0 aromatic heterocycles. The Morgan fingerprint density at radius 3 is 2.48 bits per heavy atom. The molecule has 2 aromatic rings. The molecule has 29 heavy (non-hydrogen) atoms. The van der Waals surface area contributed by atoms with Crippen LogP contribution in [0.4, 0.5) is 4.39 Å². The summed E-state index contributed by atoms with van der Waals surface area (Å²) in [7, 11) is 0. The molecule has 0 atom stereocenters. The van der Waals surface area contributed by atoms with Crippen LogP contribution in [-0.4, -0.2) is 48.5 Å². The predicted octanol–water partition coefficient (Wildman–Crippen LogP) is 3.53. The summed E-state index contributed by atoms with van der Waals surface area (Å²) < 4.78 is 18.9. The number of hydrogen-bond acceptors (Lipinski definition) is 3. The Hall–Kier alpha value is -2.40. The topological polar surface area (TPSA) is 32.8 Å². The maximum absolute atomic E-state index is 13.4. The van der Waals surface area contributed by atoms with Crippen LogP contribution in [0, 0.1) is 5.82 Å². The summed E-state index contributed by atoms with van der Waals surface area (Å²) in [6.07, 6.45) is 3.80. The van der Waals surface area contributed by atoms with Crippen molar-refractivity contribution >= 4 is 5.91 Å². The standard InChI is InChI=1S/C24H27FN2O2/c25-21-5-3-20(4-6-21)24(9-1-10-24)23(28)27-13-11-26(12-14-27)17-18-2-7-22-19(16-18)8-15-29-22/h2-7,16H,1,8-15,17H2. The van der Waals surface area contributed by atoms with Crippen molar-refractivity contribution in [3.63, 3.8) is 0 Å².